The van der Waals surface area contributed by atoms with Crippen LogP contribution in [0.5, 0.6) is 5.75 Å². The number of nitrogens with one attached hydrogen (secondary N) is 2. The topological polar surface area (TPSA) is 82.5 Å². The average Bonchev–Trinajstić information content (AvgIpc) is 2.74. The molecule has 0 fully saturated rings. The van der Waals surface area contributed by atoms with E-state index >= 15 is 0 Å². The van der Waals surface area contributed by atoms with Crippen molar-refractivity contribution in [1.82, 2.24) is 20.1 Å². The van der Waals surface area contributed by atoms with Crippen molar-refractivity contribution < 1.29 is 9.94 Å². The minimum Gasteiger partial charge on any atom is -0.490 e. The third-order valence-electron chi connectivity index (χ3n) is 4.00. The maximum atomic E-state index is 10.1. The fourth-order valence-corrected chi connectivity index (χ4v) is 3.85. The number of hydrogen-bond donors (Lipinski definition) is 3. The molecule has 0 spiro atoms. The van der Waals surface area contributed by atoms with Crippen LogP contribution in [-0.4, -0.2) is 26.9 Å². The summed E-state index contributed by atoms with van der Waals surface area (Å²) in [6, 6.07) is 16.1. The van der Waals surface area contributed by atoms with Gasteiger partial charge in [-0.1, -0.05) is 48.5 Å². The van der Waals surface area contributed by atoms with Crippen molar-refractivity contribution in [3.05, 3.63) is 66.0 Å². The summed E-state index contributed by atoms with van der Waals surface area (Å²) in [5, 5.41) is 10.8. The molecule has 9 heteroatoms. The predicted molar refractivity (Wildman–Crippen MR) is 116 cm³/mol. The summed E-state index contributed by atoms with van der Waals surface area (Å²) >= 11 is 2.61. The molecule has 0 aliphatic rings. The smallest absolute Gasteiger partial charge is 0.195 e. The van der Waals surface area contributed by atoms with E-state index < -0.39 is 0 Å². The lowest BCUT2D eigenvalue weighted by Gasteiger charge is -2.17. The van der Waals surface area contributed by atoms with Gasteiger partial charge in [-0.05, 0) is 47.8 Å². The Bertz CT molecular complexity index is 923. The Labute approximate surface area is 178 Å². The van der Waals surface area contributed by atoms with Crippen LogP contribution in [0.15, 0.2) is 69.7 Å². The van der Waals surface area contributed by atoms with Crippen molar-refractivity contribution in [2.45, 2.75) is 35.1 Å². The number of hydrogen-bond acceptors (Lipinski definition) is 9. The zero-order valence-electron chi connectivity index (χ0n) is 16.4. The molecule has 3 rings (SSSR count). The highest BCUT2D eigenvalue weighted by molar-refractivity contribution is 7.99. The van der Waals surface area contributed by atoms with Crippen LogP contribution in [0.2, 0.25) is 0 Å². The van der Waals surface area contributed by atoms with Gasteiger partial charge in [0.25, 0.3) is 0 Å². The van der Waals surface area contributed by atoms with Crippen molar-refractivity contribution in [3.8, 4) is 5.75 Å². The monoisotopic (exact) mass is 429 g/mol. The van der Waals surface area contributed by atoms with Gasteiger partial charge in [0.05, 0.1) is 7.11 Å². The minimum atomic E-state index is 0.415. The Morgan fingerprint density at radius 2 is 1.72 bits per heavy atom. The van der Waals surface area contributed by atoms with Gasteiger partial charge in [-0.2, -0.15) is 0 Å². The van der Waals surface area contributed by atoms with Gasteiger partial charge in [0.1, 0.15) is 11.4 Å². The van der Waals surface area contributed by atoms with E-state index in [1.165, 1.54) is 23.7 Å². The molecule has 152 valence electrons. The summed E-state index contributed by atoms with van der Waals surface area (Å²) in [5.41, 5.74) is 7.96. The van der Waals surface area contributed by atoms with Crippen LogP contribution < -0.4 is 15.7 Å². The number of rotatable bonds is 9. The van der Waals surface area contributed by atoms with Crippen LogP contribution in [0.25, 0.3) is 0 Å². The molecule has 2 aromatic carbocycles. The summed E-state index contributed by atoms with van der Waals surface area (Å²) in [5.74, 6) is 0.900. The van der Waals surface area contributed by atoms with Gasteiger partial charge in [0.15, 0.2) is 11.6 Å². The Balaban J connectivity index is 1.65. The Morgan fingerprint density at radius 1 is 1.03 bits per heavy atom. The number of hydrazine groups is 2. The van der Waals surface area contributed by atoms with E-state index in [1.54, 1.807) is 7.11 Å². The first-order valence-electron chi connectivity index (χ1n) is 9.00. The van der Waals surface area contributed by atoms with Crippen LogP contribution in [0.4, 0.5) is 5.82 Å². The minimum absolute atomic E-state index is 0.415. The maximum absolute atomic E-state index is 10.1. The molecule has 0 unspecified atom stereocenters. The molecule has 0 bridgehead atoms. The van der Waals surface area contributed by atoms with E-state index in [9.17, 15) is 5.21 Å². The molecule has 1 aromatic heterocycles. The number of aromatic nitrogens is 2. The largest absolute Gasteiger partial charge is 0.490 e. The summed E-state index contributed by atoms with van der Waals surface area (Å²) in [4.78, 5) is 10.5. The molecule has 0 saturated carbocycles. The Kier molecular flexibility index (Phi) is 7.73. The van der Waals surface area contributed by atoms with E-state index in [0.29, 0.717) is 16.6 Å². The quantitative estimate of drug-likeness (QED) is 0.254. The van der Waals surface area contributed by atoms with Crippen LogP contribution >= 0.6 is 23.7 Å². The molecule has 3 aromatic rings. The number of ether oxygens (including phenoxy) is 1. The molecule has 0 aliphatic carbocycles. The summed E-state index contributed by atoms with van der Waals surface area (Å²) in [6.45, 7) is 4.14. The second-order valence-corrected chi connectivity index (χ2v) is 8.14. The van der Waals surface area contributed by atoms with E-state index in [-0.39, 0.29) is 0 Å². The van der Waals surface area contributed by atoms with Gasteiger partial charge in [-0.15, -0.1) is 5.53 Å². The molecule has 0 amide bonds. The molecule has 3 N–H and O–H groups in total. The molecule has 0 atom stereocenters. The Hall–Kier alpha value is -2.30. The van der Waals surface area contributed by atoms with Gasteiger partial charge >= 0.3 is 0 Å². The molecule has 7 nitrogen and oxygen atoms in total. The van der Waals surface area contributed by atoms with Gasteiger partial charge < -0.3 is 4.74 Å². The maximum Gasteiger partial charge on any atom is 0.195 e. The molecular formula is C20H23N5O2S2. The third kappa shape index (κ3) is 6.09. The van der Waals surface area contributed by atoms with Crippen molar-refractivity contribution in [1.29, 1.82) is 0 Å². The van der Waals surface area contributed by atoms with Gasteiger partial charge in [-0.25, -0.2) is 9.97 Å². The summed E-state index contributed by atoms with van der Waals surface area (Å²) in [7, 11) is 1.56. The fourth-order valence-electron chi connectivity index (χ4n) is 2.43. The molecular weight excluding hydrogens is 406 g/mol. The first kappa shape index (κ1) is 21.4. The number of anilines is 1. The number of aryl methyl sites for hydroxylation is 2. The summed E-state index contributed by atoms with van der Waals surface area (Å²) in [6.07, 6.45) is 2.45. The first-order chi connectivity index (χ1) is 14.1. The highest BCUT2D eigenvalue weighted by Crippen LogP contribution is 2.36. The zero-order chi connectivity index (χ0) is 20.6. The number of nitrogens with zero attached hydrogens (tertiary/aromatic N) is 3. The molecule has 0 aliphatic heterocycles. The highest BCUT2D eigenvalue weighted by atomic mass is 32.2. The van der Waals surface area contributed by atoms with Crippen LogP contribution in [0.1, 0.15) is 18.1 Å². The second kappa shape index (κ2) is 10.5. The standard InChI is InChI=1S/C20H23N5O2S2/c1-4-15-7-11-16(12-8-15)28-20-18(27-3)19(21-13-22-20)23-24-25(26)29-17-9-5-14(2)6-10-17/h5-13,24,26H,4H2,1-3H3,(H,21,22,23). The van der Waals surface area contributed by atoms with Crippen molar-refractivity contribution >= 4 is 29.5 Å². The first-order valence-corrected chi connectivity index (χ1v) is 10.6. The van der Waals surface area contributed by atoms with Gasteiger partial charge in [-0.3, -0.25) is 10.6 Å². The molecule has 1 heterocycles. The average molecular weight is 430 g/mol. The predicted octanol–water partition coefficient (Wildman–Crippen LogP) is 4.74. The third-order valence-corrected chi connectivity index (χ3v) is 5.74. The summed E-state index contributed by atoms with van der Waals surface area (Å²) < 4.78 is 6.37. The van der Waals surface area contributed by atoms with E-state index in [2.05, 4.69) is 52.1 Å². The van der Waals surface area contributed by atoms with E-state index in [1.807, 2.05) is 31.2 Å². The van der Waals surface area contributed by atoms with Gasteiger partial charge in [0.2, 0.25) is 0 Å². The number of benzene rings is 2. The normalized spacial score (nSPS) is 10.9. The second-order valence-electron chi connectivity index (χ2n) is 6.07. The molecule has 0 saturated heterocycles. The lowest BCUT2D eigenvalue weighted by atomic mass is 10.2. The lowest BCUT2D eigenvalue weighted by Crippen LogP contribution is -2.34. The SMILES string of the molecule is CCc1ccc(Sc2ncnc(NNN(O)Sc3ccc(C)cc3)c2OC)cc1. The van der Waals surface area contributed by atoms with E-state index in [0.717, 1.165) is 38.3 Å². The van der Waals surface area contributed by atoms with Crippen molar-refractivity contribution in [3.63, 3.8) is 0 Å². The van der Waals surface area contributed by atoms with E-state index in [4.69, 9.17) is 4.74 Å². The van der Waals surface area contributed by atoms with Crippen LogP contribution in [-0.2, 0) is 6.42 Å². The molecule has 29 heavy (non-hydrogen) atoms. The number of methoxy groups -OCH3 is 1. The molecule has 0 radical (unpaired) electrons. The fraction of sp³-hybridized carbons (Fsp3) is 0.200. The van der Waals surface area contributed by atoms with Crippen molar-refractivity contribution in [2.75, 3.05) is 12.5 Å². The van der Waals surface area contributed by atoms with Crippen LogP contribution in [0, 0.1) is 6.92 Å². The van der Waals surface area contributed by atoms with Crippen LogP contribution in [0.3, 0.4) is 0 Å². The Morgan fingerprint density at radius 3 is 2.38 bits per heavy atom. The highest BCUT2D eigenvalue weighted by Gasteiger charge is 2.14. The van der Waals surface area contributed by atoms with Gasteiger partial charge in [0, 0.05) is 21.7 Å². The lowest BCUT2D eigenvalue weighted by molar-refractivity contribution is -0.0241. The zero-order valence-corrected chi connectivity index (χ0v) is 18.0. The van der Waals surface area contributed by atoms with Crippen molar-refractivity contribution in [2.24, 2.45) is 0 Å².